The second-order valence-corrected chi connectivity index (χ2v) is 15.5. The van der Waals surface area contributed by atoms with Gasteiger partial charge in [0.1, 0.15) is 17.7 Å². The highest BCUT2D eigenvalue weighted by Gasteiger charge is 2.46. The summed E-state index contributed by atoms with van der Waals surface area (Å²) in [5.74, 6) is -4.00. The molecular weight excluding hydrogens is 776 g/mol. The van der Waals surface area contributed by atoms with E-state index < -0.39 is 59.0 Å². The number of carbonyl (C=O) groups is 9. The van der Waals surface area contributed by atoms with E-state index >= 15 is 0 Å². The quantitative estimate of drug-likeness (QED) is 0.369. The van der Waals surface area contributed by atoms with Crippen LogP contribution in [0.1, 0.15) is 87.9 Å². The van der Waals surface area contributed by atoms with E-state index in [2.05, 4.69) is 20.9 Å². The standard InChI is InChI=1S/C22H26N4O6.C17H18N4O4.ClH/c1-22(2,3)32-21(31)25-10-8-24(9-11-25)13-4-5-14-15(12-13)20(30)26(19(14)29)16-6-7-17(27)23-18(16)28;22-14-4-3-13(15(23)19-14)21-16(24)11-2-1-10(9-12(11)17(21)25)20-7-5-18-6-8-20;/h4-5,12,16H,6-11H2,1-3H3,(H,23,27,28);1-2,9,13,18H,3-8H2,(H,19,22,23);1H. The van der Waals surface area contributed by atoms with Crippen LogP contribution < -0.4 is 25.8 Å². The first-order valence-electron chi connectivity index (χ1n) is 19.0. The molecule has 3 N–H and O–H groups in total. The fourth-order valence-electron chi connectivity index (χ4n) is 7.71. The molecule has 6 heterocycles. The highest BCUT2D eigenvalue weighted by Crippen LogP contribution is 2.32. The van der Waals surface area contributed by atoms with Crippen molar-refractivity contribution in [2.24, 2.45) is 0 Å². The van der Waals surface area contributed by atoms with Gasteiger partial charge in [-0.3, -0.25) is 58.8 Å². The molecular formula is C39H45ClN8O10. The molecule has 2 aromatic carbocycles. The van der Waals surface area contributed by atoms with Crippen LogP contribution in [0.2, 0.25) is 0 Å². The van der Waals surface area contributed by atoms with Gasteiger partial charge in [0.15, 0.2) is 0 Å². The Hall–Kier alpha value is -5.88. The van der Waals surface area contributed by atoms with Gasteiger partial charge in [-0.25, -0.2) is 4.79 Å². The van der Waals surface area contributed by atoms with Crippen molar-refractivity contribution in [2.45, 2.75) is 64.1 Å². The molecule has 19 heteroatoms. The van der Waals surface area contributed by atoms with Gasteiger partial charge in [0.2, 0.25) is 23.6 Å². The second-order valence-electron chi connectivity index (χ2n) is 15.5. The first-order valence-corrected chi connectivity index (χ1v) is 19.0. The van der Waals surface area contributed by atoms with Gasteiger partial charge in [0.05, 0.1) is 22.3 Å². The number of nitrogens with one attached hydrogen (secondary N) is 3. The predicted molar refractivity (Wildman–Crippen MR) is 209 cm³/mol. The molecule has 0 saturated carbocycles. The van der Waals surface area contributed by atoms with Gasteiger partial charge in [-0.1, -0.05) is 0 Å². The zero-order chi connectivity index (χ0) is 40.8. The van der Waals surface area contributed by atoms with Crippen molar-refractivity contribution < 1.29 is 47.9 Å². The number of anilines is 2. The Bertz CT molecular complexity index is 2090. The minimum Gasteiger partial charge on any atom is -0.444 e. The van der Waals surface area contributed by atoms with E-state index in [-0.39, 0.29) is 61.2 Å². The number of hydrogen-bond acceptors (Lipinski definition) is 13. The number of benzene rings is 2. The van der Waals surface area contributed by atoms with Crippen molar-refractivity contribution in [3.05, 3.63) is 58.7 Å². The molecule has 6 aliphatic rings. The average molecular weight is 821 g/mol. The maximum Gasteiger partial charge on any atom is 0.410 e. The SMILES string of the molecule is CC(C)(C)OC(=O)N1CCN(c2ccc3c(c2)C(=O)N(C2CCC(=O)NC2=O)C3=O)CC1.Cl.O=C1CCC(N2C(=O)c3ccc(N4CCNCC4)cc3C2=O)C(=O)N1. The molecule has 9 amide bonds. The first-order chi connectivity index (χ1) is 27.1. The van der Waals surface area contributed by atoms with Crippen molar-refractivity contribution >= 4 is 77.1 Å². The van der Waals surface area contributed by atoms with Gasteiger partial charge in [-0.05, 0) is 70.0 Å². The third-order valence-corrected chi connectivity index (χ3v) is 10.6. The van der Waals surface area contributed by atoms with E-state index in [1.54, 1.807) is 35.2 Å². The second kappa shape index (κ2) is 16.5. The predicted octanol–water partition coefficient (Wildman–Crippen LogP) is 1.06. The molecule has 58 heavy (non-hydrogen) atoms. The minimum absolute atomic E-state index is 0. The summed E-state index contributed by atoms with van der Waals surface area (Å²) in [4.78, 5) is 118. The lowest BCUT2D eigenvalue weighted by atomic mass is 10.0. The molecule has 4 saturated heterocycles. The normalized spacial score (nSPS) is 22.2. The van der Waals surface area contributed by atoms with Crippen LogP contribution in [0.4, 0.5) is 16.2 Å². The number of nitrogens with zero attached hydrogens (tertiary/aromatic N) is 5. The Morgan fingerprint density at radius 3 is 1.43 bits per heavy atom. The van der Waals surface area contributed by atoms with E-state index in [9.17, 15) is 43.2 Å². The van der Waals surface area contributed by atoms with Crippen molar-refractivity contribution in [1.29, 1.82) is 0 Å². The van der Waals surface area contributed by atoms with Gasteiger partial charge < -0.3 is 24.8 Å². The monoisotopic (exact) mass is 820 g/mol. The van der Waals surface area contributed by atoms with Gasteiger partial charge in [-0.15, -0.1) is 12.4 Å². The summed E-state index contributed by atoms with van der Waals surface area (Å²) >= 11 is 0. The third kappa shape index (κ3) is 8.24. The van der Waals surface area contributed by atoms with Crippen LogP contribution in [0.5, 0.6) is 0 Å². The molecule has 2 aromatic rings. The van der Waals surface area contributed by atoms with Crippen LogP contribution in [-0.2, 0) is 23.9 Å². The summed E-state index contributed by atoms with van der Waals surface area (Å²) in [6.45, 7) is 10.9. The number of carbonyl (C=O) groups excluding carboxylic acids is 9. The van der Waals surface area contributed by atoms with E-state index in [0.717, 1.165) is 47.4 Å². The topological polar surface area (TPSA) is 215 Å². The Morgan fingerprint density at radius 2 is 1.02 bits per heavy atom. The van der Waals surface area contributed by atoms with Crippen LogP contribution in [0, 0.1) is 0 Å². The van der Waals surface area contributed by atoms with Crippen molar-refractivity contribution in [2.75, 3.05) is 62.2 Å². The van der Waals surface area contributed by atoms with Gasteiger partial charge in [0, 0.05) is 76.6 Å². The lowest BCUT2D eigenvalue weighted by Gasteiger charge is -2.36. The lowest BCUT2D eigenvalue weighted by Crippen LogP contribution is -2.54. The van der Waals surface area contributed by atoms with E-state index in [0.29, 0.717) is 37.3 Å². The Labute approximate surface area is 339 Å². The Morgan fingerprint density at radius 1 is 0.603 bits per heavy atom. The molecule has 0 spiro atoms. The highest BCUT2D eigenvalue weighted by atomic mass is 35.5. The lowest BCUT2D eigenvalue weighted by molar-refractivity contribution is -0.137. The largest absolute Gasteiger partial charge is 0.444 e. The molecule has 0 aromatic heterocycles. The number of imide groups is 4. The zero-order valence-electron chi connectivity index (χ0n) is 32.3. The molecule has 0 radical (unpaired) electrons. The molecule has 308 valence electrons. The molecule has 0 bridgehead atoms. The van der Waals surface area contributed by atoms with Crippen molar-refractivity contribution in [3.8, 4) is 0 Å². The van der Waals surface area contributed by atoms with Crippen LogP contribution in [-0.4, -0.2) is 138 Å². The first kappa shape index (κ1) is 41.7. The van der Waals surface area contributed by atoms with Gasteiger partial charge in [0.25, 0.3) is 23.6 Å². The third-order valence-electron chi connectivity index (χ3n) is 10.6. The number of amides is 9. The molecule has 0 aliphatic carbocycles. The van der Waals surface area contributed by atoms with Crippen LogP contribution in [0.3, 0.4) is 0 Å². The van der Waals surface area contributed by atoms with Gasteiger partial charge in [-0.2, -0.15) is 0 Å². The molecule has 2 atom stereocenters. The number of ether oxygens (including phenoxy) is 1. The van der Waals surface area contributed by atoms with E-state index in [1.165, 1.54) is 0 Å². The minimum atomic E-state index is -0.985. The fraction of sp³-hybridized carbons (Fsp3) is 0.462. The molecule has 4 fully saturated rings. The summed E-state index contributed by atoms with van der Waals surface area (Å²) in [7, 11) is 0. The Balaban J connectivity index is 0.000000198. The molecule has 2 unspecified atom stereocenters. The van der Waals surface area contributed by atoms with Crippen LogP contribution in [0.25, 0.3) is 0 Å². The number of halogens is 1. The fourth-order valence-corrected chi connectivity index (χ4v) is 7.71. The number of rotatable bonds is 4. The van der Waals surface area contributed by atoms with Gasteiger partial charge >= 0.3 is 6.09 Å². The van der Waals surface area contributed by atoms with Crippen molar-refractivity contribution in [3.63, 3.8) is 0 Å². The highest BCUT2D eigenvalue weighted by molar-refractivity contribution is 6.24. The average Bonchev–Trinajstić information content (AvgIpc) is 3.58. The summed E-state index contributed by atoms with van der Waals surface area (Å²) in [6, 6.07) is 8.33. The van der Waals surface area contributed by atoms with Crippen LogP contribution >= 0.6 is 12.4 Å². The zero-order valence-corrected chi connectivity index (χ0v) is 33.1. The summed E-state index contributed by atoms with van der Waals surface area (Å²) < 4.78 is 5.42. The number of hydrogen-bond donors (Lipinski definition) is 3. The number of piperazine rings is 2. The summed E-state index contributed by atoms with van der Waals surface area (Å²) in [5.41, 5.74) is 2.22. The van der Waals surface area contributed by atoms with Crippen molar-refractivity contribution in [1.82, 2.24) is 30.7 Å². The summed E-state index contributed by atoms with van der Waals surface area (Å²) in [5, 5.41) is 7.66. The maximum absolute atomic E-state index is 13.0. The van der Waals surface area contributed by atoms with E-state index in [1.807, 2.05) is 31.7 Å². The number of fused-ring (bicyclic) bond motifs is 2. The summed E-state index contributed by atoms with van der Waals surface area (Å²) in [6.07, 6.45) is 0.134. The molecule has 18 nitrogen and oxygen atoms in total. The molecule has 6 aliphatic heterocycles. The Kier molecular flexibility index (Phi) is 11.9. The maximum atomic E-state index is 13.0. The number of piperidine rings is 2. The smallest absolute Gasteiger partial charge is 0.410 e. The van der Waals surface area contributed by atoms with E-state index in [4.69, 9.17) is 4.74 Å². The van der Waals surface area contributed by atoms with Crippen LogP contribution in [0.15, 0.2) is 36.4 Å². The molecule has 8 rings (SSSR count).